The van der Waals surface area contributed by atoms with Gasteiger partial charge in [-0.25, -0.2) is 0 Å². The van der Waals surface area contributed by atoms with E-state index in [-0.39, 0.29) is 22.1 Å². The van der Waals surface area contributed by atoms with Crippen LogP contribution in [0.2, 0.25) is 5.02 Å². The quantitative estimate of drug-likeness (QED) is 0.136. The van der Waals surface area contributed by atoms with Crippen molar-refractivity contribution in [3.05, 3.63) is 117 Å². The smallest absolute Gasteiger partial charge is 0.416 e. The third-order valence-corrected chi connectivity index (χ3v) is 11.0. The first-order valence-electron chi connectivity index (χ1n) is 18.4. The summed E-state index contributed by atoms with van der Waals surface area (Å²) in [6.45, 7) is 10.7. The third kappa shape index (κ3) is 6.12. The molecule has 0 aromatic heterocycles. The van der Waals surface area contributed by atoms with Crippen molar-refractivity contribution in [3.63, 3.8) is 0 Å². The van der Waals surface area contributed by atoms with Gasteiger partial charge in [0.15, 0.2) is 17.1 Å². The van der Waals surface area contributed by atoms with E-state index in [9.17, 15) is 18.3 Å². The Bertz CT molecular complexity index is 2200. The Balaban J connectivity index is 1.51. The fraction of sp³-hybridized carbons (Fsp3) is 0.333. The molecule has 0 saturated carbocycles. The molecule has 0 radical (unpaired) electrons. The van der Waals surface area contributed by atoms with Gasteiger partial charge in [0.2, 0.25) is 0 Å². The van der Waals surface area contributed by atoms with E-state index in [4.69, 9.17) is 30.5 Å². The van der Waals surface area contributed by atoms with E-state index < -0.39 is 22.8 Å². The largest absolute Gasteiger partial charge is 0.504 e. The van der Waals surface area contributed by atoms with E-state index in [1.165, 1.54) is 19.2 Å². The molecule has 1 aliphatic carbocycles. The topological polar surface area (TPSA) is 57.2 Å². The van der Waals surface area contributed by atoms with Crippen molar-refractivity contribution in [2.75, 3.05) is 20.3 Å². The molecule has 7 rings (SSSR count). The maximum Gasteiger partial charge on any atom is 0.416 e. The van der Waals surface area contributed by atoms with Crippen LogP contribution in [0.3, 0.4) is 0 Å². The van der Waals surface area contributed by atoms with Crippen LogP contribution in [0, 0.1) is 6.92 Å². The van der Waals surface area contributed by atoms with Crippen LogP contribution >= 0.6 is 11.6 Å². The lowest BCUT2D eigenvalue weighted by atomic mass is 9.75. The molecule has 0 saturated heterocycles. The molecule has 1 N–H and O–H groups in total. The van der Waals surface area contributed by atoms with Gasteiger partial charge in [-0.3, -0.25) is 0 Å². The molecule has 0 bridgehead atoms. The number of halogens is 4. The summed E-state index contributed by atoms with van der Waals surface area (Å²) >= 11 is 7.16. The molecule has 0 spiro atoms. The van der Waals surface area contributed by atoms with Gasteiger partial charge in [-0.1, -0.05) is 88.5 Å². The number of hydrogen-bond acceptors (Lipinski definition) is 5. The summed E-state index contributed by atoms with van der Waals surface area (Å²) in [6, 6.07) is 20.0. The molecule has 1 aliphatic heterocycles. The number of rotatable bonds is 11. The van der Waals surface area contributed by atoms with Crippen LogP contribution in [-0.2, 0) is 17.2 Å². The van der Waals surface area contributed by atoms with E-state index in [0.717, 1.165) is 48.3 Å². The van der Waals surface area contributed by atoms with Gasteiger partial charge in [-0.15, -0.1) is 0 Å². The van der Waals surface area contributed by atoms with Crippen molar-refractivity contribution in [2.24, 2.45) is 0 Å². The average Bonchev–Trinajstić information content (AvgIpc) is 3.37. The number of aryl methyl sites for hydroxylation is 1. The lowest BCUT2D eigenvalue weighted by Gasteiger charge is -2.38. The monoisotopic (exact) mass is 756 g/mol. The van der Waals surface area contributed by atoms with Crippen LogP contribution in [0.5, 0.6) is 28.7 Å². The number of phenols is 1. The number of methoxy groups -OCH3 is 1. The minimum Gasteiger partial charge on any atom is -0.504 e. The average molecular weight is 757 g/mol. The Kier molecular flexibility index (Phi) is 9.80. The van der Waals surface area contributed by atoms with Crippen molar-refractivity contribution < 1.29 is 37.2 Å². The standard InChI is InChI=1S/C45H44ClF3O5/c1-7-9-21-52-29-15-11-27(12-16-29)44(28-13-17-30(18-14-28)53-22-10-8-2)20-19-31-39-36(32-25-35(50)42(51-6)40(46)37(32)41(31)54-44)33-23-26(3)24-34(45(47,48)49)38(33)43(39,4)5/h11-20,23-25,50H,7-10,21-22H2,1-6H3. The number of ether oxygens (including phenoxy) is 4. The van der Waals surface area contributed by atoms with E-state index in [1.807, 2.05) is 74.5 Å². The number of hydrogen-bond donors (Lipinski definition) is 1. The van der Waals surface area contributed by atoms with Crippen LogP contribution in [0.4, 0.5) is 13.2 Å². The second-order valence-corrected chi connectivity index (χ2v) is 15.0. The van der Waals surface area contributed by atoms with Gasteiger partial charge in [0.05, 0.1) is 30.9 Å². The second-order valence-electron chi connectivity index (χ2n) is 14.6. The molecule has 0 atom stereocenters. The third-order valence-electron chi connectivity index (χ3n) is 10.6. The summed E-state index contributed by atoms with van der Waals surface area (Å²) in [5.74, 6) is 1.62. The summed E-state index contributed by atoms with van der Waals surface area (Å²) in [5, 5.41) is 12.2. The Hall–Kier alpha value is -4.82. The molecule has 54 heavy (non-hydrogen) atoms. The highest BCUT2D eigenvalue weighted by Crippen LogP contribution is 2.62. The lowest BCUT2D eigenvalue weighted by Crippen LogP contribution is -2.35. The van der Waals surface area contributed by atoms with Crippen molar-refractivity contribution >= 4 is 28.4 Å². The normalized spacial score (nSPS) is 15.0. The zero-order chi connectivity index (χ0) is 38.6. The number of phenolic OH excluding ortho intramolecular Hbond substituents is 1. The molecular formula is C45H44ClF3O5. The number of alkyl halides is 3. The Morgan fingerprint density at radius 2 is 1.41 bits per heavy atom. The molecule has 9 heteroatoms. The maximum atomic E-state index is 14.8. The molecule has 0 amide bonds. The molecule has 282 valence electrons. The van der Waals surface area contributed by atoms with E-state index in [1.54, 1.807) is 13.0 Å². The van der Waals surface area contributed by atoms with Crippen LogP contribution < -0.4 is 18.9 Å². The maximum absolute atomic E-state index is 14.8. The predicted octanol–water partition coefficient (Wildman–Crippen LogP) is 12.5. The minimum absolute atomic E-state index is 0.0370. The fourth-order valence-corrected chi connectivity index (χ4v) is 8.45. The molecule has 0 unspecified atom stereocenters. The van der Waals surface area contributed by atoms with Crippen LogP contribution in [0.25, 0.3) is 28.0 Å². The number of benzene rings is 5. The van der Waals surface area contributed by atoms with Gasteiger partial charge < -0.3 is 24.1 Å². The zero-order valence-electron chi connectivity index (χ0n) is 31.3. The summed E-state index contributed by atoms with van der Waals surface area (Å²) in [6.07, 6.45) is 3.19. The lowest BCUT2D eigenvalue weighted by molar-refractivity contribution is -0.138. The number of aromatic hydroxyl groups is 1. The van der Waals surface area contributed by atoms with Gasteiger partial charge in [0, 0.05) is 27.5 Å². The highest BCUT2D eigenvalue weighted by atomic mass is 35.5. The highest BCUT2D eigenvalue weighted by molar-refractivity contribution is 6.39. The van der Waals surface area contributed by atoms with Gasteiger partial charge in [0.25, 0.3) is 0 Å². The minimum atomic E-state index is -4.60. The first kappa shape index (κ1) is 37.5. The fourth-order valence-electron chi connectivity index (χ4n) is 8.09. The molecule has 1 heterocycles. The van der Waals surface area contributed by atoms with Crippen molar-refractivity contribution in [1.29, 1.82) is 0 Å². The molecule has 5 aromatic rings. The number of unbranched alkanes of at least 4 members (excludes halogenated alkanes) is 2. The summed E-state index contributed by atoms with van der Waals surface area (Å²) in [7, 11) is 1.41. The summed E-state index contributed by atoms with van der Waals surface area (Å²) in [4.78, 5) is 0. The Morgan fingerprint density at radius 1 is 0.833 bits per heavy atom. The molecule has 5 aromatic carbocycles. The van der Waals surface area contributed by atoms with E-state index in [0.29, 0.717) is 57.6 Å². The van der Waals surface area contributed by atoms with Crippen molar-refractivity contribution in [3.8, 4) is 39.9 Å². The van der Waals surface area contributed by atoms with Crippen molar-refractivity contribution in [1.82, 2.24) is 0 Å². The van der Waals surface area contributed by atoms with Crippen LogP contribution in [-0.4, -0.2) is 25.4 Å². The Labute approximate surface area is 319 Å². The molecular weight excluding hydrogens is 713 g/mol. The first-order valence-corrected chi connectivity index (χ1v) is 18.8. The number of fused-ring (bicyclic) bond motifs is 8. The second kappa shape index (κ2) is 14.1. The van der Waals surface area contributed by atoms with Gasteiger partial charge in [-0.05, 0) is 95.4 Å². The van der Waals surface area contributed by atoms with E-state index in [2.05, 4.69) is 13.8 Å². The molecule has 0 fully saturated rings. The highest BCUT2D eigenvalue weighted by Gasteiger charge is 2.49. The van der Waals surface area contributed by atoms with Crippen molar-refractivity contribution in [2.45, 2.75) is 77.5 Å². The zero-order valence-corrected chi connectivity index (χ0v) is 32.1. The van der Waals surface area contributed by atoms with E-state index >= 15 is 0 Å². The summed E-state index contributed by atoms with van der Waals surface area (Å²) < 4.78 is 69.4. The SMILES string of the molecule is CCCCOc1ccc(C2(c3ccc(OCCCC)cc3)C=Cc3c4c(c5cc(O)c(OC)c(Cl)c5c3O2)-c2cc(C)cc(C(F)(F)F)c2C4(C)C)cc1. The van der Waals surface area contributed by atoms with Gasteiger partial charge in [-0.2, -0.15) is 13.2 Å². The molecule has 5 nitrogen and oxygen atoms in total. The van der Waals surface area contributed by atoms with Crippen LogP contribution in [0.1, 0.15) is 92.3 Å². The Morgan fingerprint density at radius 3 is 1.93 bits per heavy atom. The molecule has 2 aliphatic rings. The summed E-state index contributed by atoms with van der Waals surface area (Å²) in [5.41, 5.74) is 1.46. The van der Waals surface area contributed by atoms with Gasteiger partial charge in [0.1, 0.15) is 17.2 Å². The van der Waals surface area contributed by atoms with Gasteiger partial charge >= 0.3 is 6.18 Å². The first-order chi connectivity index (χ1) is 25.8. The van der Waals surface area contributed by atoms with Crippen LogP contribution in [0.15, 0.2) is 72.8 Å². The predicted molar refractivity (Wildman–Crippen MR) is 209 cm³/mol.